The topological polar surface area (TPSA) is 144 Å². The van der Waals surface area contributed by atoms with E-state index in [4.69, 9.17) is 20.6 Å². The highest BCUT2D eigenvalue weighted by Gasteiger charge is 2.21. The van der Waals surface area contributed by atoms with Crippen LogP contribution in [-0.2, 0) is 4.79 Å². The molecule has 1 aliphatic rings. The molecule has 29 heavy (non-hydrogen) atoms. The summed E-state index contributed by atoms with van der Waals surface area (Å²) in [6, 6.07) is 9.19. The molecule has 2 aromatic carbocycles. The summed E-state index contributed by atoms with van der Waals surface area (Å²) in [7, 11) is 0. The molecular formula is C20H20N6O3. The smallest absolute Gasteiger partial charge is 0.292 e. The lowest BCUT2D eigenvalue weighted by molar-refractivity contribution is -0.118. The van der Waals surface area contributed by atoms with E-state index in [0.29, 0.717) is 24.3 Å². The molecule has 9 nitrogen and oxygen atoms in total. The summed E-state index contributed by atoms with van der Waals surface area (Å²) in [6.07, 6.45) is 0. The SMILES string of the molecule is C[C@@H](Nc1cc2c3c(c(-c4ccc5oc(N)nc5c4)[nH]c3c1)NCCO2)C(N)=O. The first kappa shape index (κ1) is 17.2. The number of carbonyl (C=O) groups excluding carboxylic acids is 1. The molecule has 0 spiro atoms. The van der Waals surface area contributed by atoms with Gasteiger partial charge in [-0.3, -0.25) is 4.79 Å². The number of aromatic nitrogens is 2. The highest BCUT2D eigenvalue weighted by molar-refractivity contribution is 6.07. The summed E-state index contributed by atoms with van der Waals surface area (Å²) in [4.78, 5) is 19.1. The Balaban J connectivity index is 1.67. The minimum Gasteiger partial charge on any atom is -0.491 e. The second-order valence-corrected chi connectivity index (χ2v) is 7.05. The second-order valence-electron chi connectivity index (χ2n) is 7.05. The average Bonchev–Trinajstić information content (AvgIpc) is 3.15. The van der Waals surface area contributed by atoms with Crippen molar-refractivity contribution in [2.75, 3.05) is 29.5 Å². The maximum absolute atomic E-state index is 11.4. The van der Waals surface area contributed by atoms with Gasteiger partial charge in [-0.2, -0.15) is 4.98 Å². The van der Waals surface area contributed by atoms with Gasteiger partial charge in [-0.25, -0.2) is 0 Å². The predicted molar refractivity (Wildman–Crippen MR) is 112 cm³/mol. The Morgan fingerprint density at radius 3 is 3.00 bits per heavy atom. The molecule has 1 aliphatic heterocycles. The molecule has 0 radical (unpaired) electrons. The Morgan fingerprint density at radius 2 is 2.17 bits per heavy atom. The van der Waals surface area contributed by atoms with Gasteiger partial charge in [0.25, 0.3) is 6.01 Å². The Labute approximate surface area is 165 Å². The van der Waals surface area contributed by atoms with Gasteiger partial charge < -0.3 is 36.2 Å². The fourth-order valence-corrected chi connectivity index (χ4v) is 3.64. The Bertz CT molecular complexity index is 1260. The number of nitrogens with two attached hydrogens (primary N) is 2. The zero-order valence-corrected chi connectivity index (χ0v) is 15.7. The van der Waals surface area contributed by atoms with Gasteiger partial charge in [-0.15, -0.1) is 0 Å². The number of primary amides is 1. The van der Waals surface area contributed by atoms with Crippen molar-refractivity contribution in [2.24, 2.45) is 5.73 Å². The van der Waals surface area contributed by atoms with Gasteiger partial charge in [0.1, 0.15) is 23.9 Å². The Morgan fingerprint density at radius 1 is 1.31 bits per heavy atom. The van der Waals surface area contributed by atoms with E-state index in [1.807, 2.05) is 30.3 Å². The molecule has 1 atom stereocenters. The van der Waals surface area contributed by atoms with E-state index in [2.05, 4.69) is 20.6 Å². The number of aromatic amines is 1. The molecule has 2 aromatic heterocycles. The molecule has 9 heteroatoms. The van der Waals surface area contributed by atoms with Gasteiger partial charge in [0.15, 0.2) is 5.58 Å². The van der Waals surface area contributed by atoms with Gasteiger partial charge in [0, 0.05) is 23.9 Å². The van der Waals surface area contributed by atoms with E-state index in [9.17, 15) is 4.79 Å². The van der Waals surface area contributed by atoms with Crippen LogP contribution in [0.1, 0.15) is 6.92 Å². The summed E-state index contributed by atoms with van der Waals surface area (Å²) in [5.74, 6) is 0.308. The fraction of sp³-hybridized carbons (Fsp3) is 0.200. The van der Waals surface area contributed by atoms with Gasteiger partial charge in [-0.05, 0) is 31.2 Å². The van der Waals surface area contributed by atoms with Crippen molar-refractivity contribution in [2.45, 2.75) is 13.0 Å². The molecule has 0 bridgehead atoms. The third kappa shape index (κ3) is 2.87. The van der Waals surface area contributed by atoms with Crippen LogP contribution in [0.2, 0.25) is 0 Å². The number of H-pyrrole nitrogens is 1. The molecule has 1 amide bonds. The molecule has 0 unspecified atom stereocenters. The van der Waals surface area contributed by atoms with E-state index in [0.717, 1.165) is 39.3 Å². The Hall–Kier alpha value is -3.88. The van der Waals surface area contributed by atoms with Crippen molar-refractivity contribution in [3.63, 3.8) is 0 Å². The van der Waals surface area contributed by atoms with Crippen molar-refractivity contribution in [1.29, 1.82) is 0 Å². The summed E-state index contributed by atoms with van der Waals surface area (Å²) in [5.41, 5.74) is 16.8. The van der Waals surface area contributed by atoms with Crippen LogP contribution in [0.15, 0.2) is 34.7 Å². The van der Waals surface area contributed by atoms with Crippen LogP contribution in [0.25, 0.3) is 33.3 Å². The maximum atomic E-state index is 11.4. The fourth-order valence-electron chi connectivity index (χ4n) is 3.64. The third-order valence-corrected chi connectivity index (χ3v) is 5.03. The summed E-state index contributed by atoms with van der Waals surface area (Å²) in [5, 5.41) is 7.52. The minimum absolute atomic E-state index is 0.139. The van der Waals surface area contributed by atoms with E-state index in [-0.39, 0.29) is 6.01 Å². The standard InChI is InChI=1S/C20H20N6O3/c1-9(19(21)27)24-11-7-13-16-15(8-11)28-5-4-23-18(16)17(25-13)10-2-3-14-12(6-10)26-20(22)29-14/h2-3,6-9,23-25H,4-5H2,1H3,(H2,21,27)(H2,22,26)/t9-/m1/s1. The number of fused-ring (bicyclic) bond motifs is 1. The van der Waals surface area contributed by atoms with Crippen LogP contribution in [0.4, 0.5) is 17.4 Å². The van der Waals surface area contributed by atoms with Crippen LogP contribution in [0.3, 0.4) is 0 Å². The normalized spacial score (nSPS) is 14.2. The molecule has 0 saturated heterocycles. The van der Waals surface area contributed by atoms with E-state index in [1.165, 1.54) is 0 Å². The number of carbonyl (C=O) groups is 1. The number of hydrogen-bond donors (Lipinski definition) is 5. The lowest BCUT2D eigenvalue weighted by atomic mass is 10.1. The number of oxazole rings is 1. The predicted octanol–water partition coefficient (Wildman–Crippen LogP) is 2.65. The van der Waals surface area contributed by atoms with Crippen LogP contribution in [-0.4, -0.2) is 35.1 Å². The van der Waals surface area contributed by atoms with Gasteiger partial charge in [0.05, 0.1) is 22.3 Å². The zero-order chi connectivity index (χ0) is 20.1. The molecular weight excluding hydrogens is 372 g/mol. The monoisotopic (exact) mass is 392 g/mol. The highest BCUT2D eigenvalue weighted by Crippen LogP contribution is 2.43. The minimum atomic E-state index is -0.502. The number of anilines is 3. The molecule has 4 aromatic rings. The second kappa shape index (κ2) is 6.33. The number of rotatable bonds is 4. The average molecular weight is 392 g/mol. The number of amides is 1. The van der Waals surface area contributed by atoms with Crippen LogP contribution < -0.4 is 26.8 Å². The molecule has 0 saturated carbocycles. The van der Waals surface area contributed by atoms with Crippen LogP contribution in [0.5, 0.6) is 5.75 Å². The van der Waals surface area contributed by atoms with Gasteiger partial charge in [-0.1, -0.05) is 0 Å². The van der Waals surface area contributed by atoms with E-state index in [1.54, 1.807) is 6.92 Å². The summed E-state index contributed by atoms with van der Waals surface area (Å²) in [6.45, 7) is 2.91. The molecule has 7 N–H and O–H groups in total. The van der Waals surface area contributed by atoms with E-state index < -0.39 is 11.9 Å². The first-order valence-electron chi connectivity index (χ1n) is 9.28. The van der Waals surface area contributed by atoms with E-state index >= 15 is 0 Å². The first-order chi connectivity index (χ1) is 14.0. The number of ether oxygens (including phenoxy) is 1. The molecule has 0 fully saturated rings. The van der Waals surface area contributed by atoms with Gasteiger partial charge >= 0.3 is 0 Å². The van der Waals surface area contributed by atoms with Gasteiger partial charge in [0.2, 0.25) is 5.91 Å². The maximum Gasteiger partial charge on any atom is 0.292 e. The zero-order valence-electron chi connectivity index (χ0n) is 15.7. The first-order valence-corrected chi connectivity index (χ1v) is 9.28. The number of nitrogens with one attached hydrogen (secondary N) is 3. The van der Waals surface area contributed by atoms with Crippen molar-refractivity contribution in [3.05, 3.63) is 30.3 Å². The summed E-state index contributed by atoms with van der Waals surface area (Å²) < 4.78 is 11.3. The Kier molecular flexibility index (Phi) is 3.76. The van der Waals surface area contributed by atoms with Crippen molar-refractivity contribution >= 4 is 45.3 Å². The molecule has 3 heterocycles. The number of nitrogens with zero attached hydrogens (tertiary/aromatic N) is 1. The van der Waals surface area contributed by atoms with Crippen LogP contribution >= 0.6 is 0 Å². The van der Waals surface area contributed by atoms with Crippen molar-refractivity contribution < 1.29 is 13.9 Å². The van der Waals surface area contributed by atoms with Crippen LogP contribution in [0, 0.1) is 0 Å². The molecule has 148 valence electrons. The lowest BCUT2D eigenvalue weighted by Gasteiger charge is -2.13. The molecule has 0 aliphatic carbocycles. The highest BCUT2D eigenvalue weighted by atomic mass is 16.5. The molecule has 5 rings (SSSR count). The number of hydrogen-bond acceptors (Lipinski definition) is 7. The quantitative estimate of drug-likeness (QED) is 0.359. The number of benzene rings is 2. The van der Waals surface area contributed by atoms with Crippen molar-refractivity contribution in [3.8, 4) is 17.0 Å². The lowest BCUT2D eigenvalue weighted by Crippen LogP contribution is -2.32. The largest absolute Gasteiger partial charge is 0.491 e. The summed E-state index contributed by atoms with van der Waals surface area (Å²) >= 11 is 0. The third-order valence-electron chi connectivity index (χ3n) is 5.03. The van der Waals surface area contributed by atoms with Crippen molar-refractivity contribution in [1.82, 2.24) is 9.97 Å². The number of nitrogen functional groups attached to an aromatic ring is 1.